The zero-order valence-electron chi connectivity index (χ0n) is 15.1. The fraction of sp³-hybridized carbons (Fsp3) is 0.100. The Balaban J connectivity index is 1.80. The minimum atomic E-state index is -1.02. The molecule has 2 N–H and O–H groups in total. The molecule has 1 amide bonds. The molecule has 0 saturated carbocycles. The van der Waals surface area contributed by atoms with Gasteiger partial charge in [-0.15, -0.1) is 0 Å². The van der Waals surface area contributed by atoms with E-state index >= 15 is 0 Å². The molecule has 0 radical (unpaired) electrons. The number of aromatic nitrogens is 2. The number of aromatic carboxylic acids is 1. The summed E-state index contributed by atoms with van der Waals surface area (Å²) in [5, 5.41) is 12.5. The van der Waals surface area contributed by atoms with Crippen LogP contribution >= 0.6 is 23.2 Å². The van der Waals surface area contributed by atoms with Gasteiger partial charge in [0.15, 0.2) is 0 Å². The van der Waals surface area contributed by atoms with Crippen molar-refractivity contribution in [3.05, 3.63) is 81.7 Å². The van der Waals surface area contributed by atoms with Gasteiger partial charge in [0, 0.05) is 18.5 Å². The number of ether oxygens (including phenoxy) is 1. The fourth-order valence-corrected chi connectivity index (χ4v) is 2.82. The van der Waals surface area contributed by atoms with Crippen molar-refractivity contribution in [3.63, 3.8) is 0 Å². The van der Waals surface area contributed by atoms with Crippen molar-refractivity contribution in [2.24, 2.45) is 0 Å². The molecule has 0 spiro atoms. The minimum Gasteiger partial charge on any atom is -0.478 e. The second-order valence-electron chi connectivity index (χ2n) is 6.07. The summed E-state index contributed by atoms with van der Waals surface area (Å²) in [6, 6.07) is 8.81. The topological polar surface area (TPSA) is 101 Å². The van der Waals surface area contributed by atoms with Crippen LogP contribution in [-0.4, -0.2) is 27.0 Å². The third kappa shape index (κ3) is 5.22. The van der Waals surface area contributed by atoms with Crippen molar-refractivity contribution in [1.82, 2.24) is 15.3 Å². The van der Waals surface area contributed by atoms with E-state index in [9.17, 15) is 9.59 Å². The molecule has 0 aliphatic rings. The number of hydrogen-bond acceptors (Lipinski definition) is 5. The Bertz CT molecular complexity index is 1060. The third-order valence-electron chi connectivity index (χ3n) is 3.96. The molecule has 0 unspecified atom stereocenters. The zero-order chi connectivity index (χ0) is 21.0. The Morgan fingerprint density at radius 3 is 2.41 bits per heavy atom. The predicted octanol–water partition coefficient (Wildman–Crippen LogP) is 4.76. The molecule has 2 aromatic heterocycles. The van der Waals surface area contributed by atoms with Gasteiger partial charge in [-0.05, 0) is 30.7 Å². The monoisotopic (exact) mass is 431 g/mol. The van der Waals surface area contributed by atoms with Crippen LogP contribution in [0.1, 0.15) is 39.2 Å². The molecule has 9 heteroatoms. The van der Waals surface area contributed by atoms with E-state index in [-0.39, 0.29) is 22.0 Å². The number of benzene rings is 1. The molecule has 0 fully saturated rings. The second-order valence-corrected chi connectivity index (χ2v) is 6.94. The van der Waals surface area contributed by atoms with Gasteiger partial charge in [-0.1, -0.05) is 35.3 Å². The first-order chi connectivity index (χ1) is 13.8. The van der Waals surface area contributed by atoms with E-state index in [4.69, 9.17) is 33.0 Å². The minimum absolute atomic E-state index is 0.0457. The van der Waals surface area contributed by atoms with Crippen LogP contribution in [0.2, 0.25) is 10.0 Å². The lowest BCUT2D eigenvalue weighted by Crippen LogP contribution is -2.27. The highest BCUT2D eigenvalue weighted by atomic mass is 35.5. The van der Waals surface area contributed by atoms with Gasteiger partial charge in [-0.2, -0.15) is 0 Å². The van der Waals surface area contributed by atoms with E-state index in [1.807, 2.05) is 0 Å². The number of carbonyl (C=O) groups excluding carboxylic acids is 1. The zero-order valence-corrected chi connectivity index (χ0v) is 16.6. The summed E-state index contributed by atoms with van der Waals surface area (Å²) in [5.41, 5.74) is 1.03. The van der Waals surface area contributed by atoms with Gasteiger partial charge < -0.3 is 15.2 Å². The van der Waals surface area contributed by atoms with Crippen molar-refractivity contribution >= 4 is 35.1 Å². The van der Waals surface area contributed by atoms with Crippen LogP contribution in [0.5, 0.6) is 11.6 Å². The maximum absolute atomic E-state index is 12.8. The SMILES string of the molecule is C[C@H](NC(=O)c1cc(Cl)cnc1Oc1cncc(Cl)c1)c1ccc(C(=O)O)cc1. The van der Waals surface area contributed by atoms with Gasteiger partial charge in [0.2, 0.25) is 5.88 Å². The largest absolute Gasteiger partial charge is 0.478 e. The Hall–Kier alpha value is -3.16. The highest BCUT2D eigenvalue weighted by molar-refractivity contribution is 6.31. The number of hydrogen-bond donors (Lipinski definition) is 2. The summed E-state index contributed by atoms with van der Waals surface area (Å²) in [7, 11) is 0. The van der Waals surface area contributed by atoms with Crippen LogP contribution in [-0.2, 0) is 0 Å². The third-order valence-corrected chi connectivity index (χ3v) is 4.38. The average molecular weight is 432 g/mol. The first-order valence-electron chi connectivity index (χ1n) is 8.41. The normalized spacial score (nSPS) is 11.6. The quantitative estimate of drug-likeness (QED) is 0.582. The van der Waals surface area contributed by atoms with Gasteiger partial charge in [-0.3, -0.25) is 9.78 Å². The lowest BCUT2D eigenvalue weighted by molar-refractivity contribution is 0.0696. The van der Waals surface area contributed by atoms with Crippen molar-refractivity contribution in [3.8, 4) is 11.6 Å². The maximum Gasteiger partial charge on any atom is 0.335 e. The summed E-state index contributed by atoms with van der Waals surface area (Å²) < 4.78 is 5.65. The molecule has 0 saturated heterocycles. The molecular weight excluding hydrogens is 417 g/mol. The fourth-order valence-electron chi connectivity index (χ4n) is 2.50. The highest BCUT2D eigenvalue weighted by Crippen LogP contribution is 2.27. The molecule has 0 aliphatic carbocycles. The molecule has 2 heterocycles. The second kappa shape index (κ2) is 8.89. The van der Waals surface area contributed by atoms with Gasteiger partial charge in [0.05, 0.1) is 27.8 Å². The number of halogens is 2. The van der Waals surface area contributed by atoms with E-state index in [1.165, 1.54) is 36.8 Å². The van der Waals surface area contributed by atoms with Crippen molar-refractivity contribution < 1.29 is 19.4 Å². The molecular formula is C20H15Cl2N3O4. The predicted molar refractivity (Wildman–Crippen MR) is 108 cm³/mol. The number of nitrogens with one attached hydrogen (secondary N) is 1. The highest BCUT2D eigenvalue weighted by Gasteiger charge is 2.19. The number of carboxylic acid groups (broad SMARTS) is 1. The number of carboxylic acids is 1. The standard InChI is InChI=1S/C20H15Cl2N3O4/c1-11(12-2-4-13(5-3-12)20(27)28)25-18(26)17-7-15(22)9-24-19(17)29-16-6-14(21)8-23-10-16/h2-11H,1H3,(H,25,26)(H,27,28)/t11-/m0/s1. The molecule has 1 aromatic carbocycles. The molecule has 3 aromatic rings. The summed E-state index contributed by atoms with van der Waals surface area (Å²) in [4.78, 5) is 31.8. The number of amides is 1. The van der Waals surface area contributed by atoms with E-state index < -0.39 is 17.9 Å². The summed E-state index contributed by atoms with van der Waals surface area (Å²) in [6.07, 6.45) is 4.25. The van der Waals surface area contributed by atoms with E-state index in [0.29, 0.717) is 10.8 Å². The van der Waals surface area contributed by atoms with Crippen molar-refractivity contribution in [2.45, 2.75) is 13.0 Å². The lowest BCUT2D eigenvalue weighted by Gasteiger charge is -2.16. The van der Waals surface area contributed by atoms with Crippen LogP contribution in [0.25, 0.3) is 0 Å². The molecule has 1 atom stereocenters. The van der Waals surface area contributed by atoms with Crippen LogP contribution in [0.15, 0.2) is 55.0 Å². The van der Waals surface area contributed by atoms with Gasteiger partial charge in [0.1, 0.15) is 11.3 Å². The summed E-state index contributed by atoms with van der Waals surface area (Å²) in [5.74, 6) is -1.11. The van der Waals surface area contributed by atoms with Crippen LogP contribution in [0.3, 0.4) is 0 Å². The molecule has 148 valence electrons. The number of nitrogens with zero attached hydrogens (tertiary/aromatic N) is 2. The van der Waals surface area contributed by atoms with Gasteiger partial charge in [-0.25, -0.2) is 9.78 Å². The first kappa shape index (κ1) is 20.6. The Kier molecular flexibility index (Phi) is 6.31. The van der Waals surface area contributed by atoms with Crippen LogP contribution in [0, 0.1) is 0 Å². The lowest BCUT2D eigenvalue weighted by atomic mass is 10.1. The smallest absolute Gasteiger partial charge is 0.335 e. The Labute approximate surface area is 176 Å². The van der Waals surface area contributed by atoms with Gasteiger partial charge in [0.25, 0.3) is 5.91 Å². The van der Waals surface area contributed by atoms with E-state index in [2.05, 4.69) is 15.3 Å². The summed E-state index contributed by atoms with van der Waals surface area (Å²) >= 11 is 11.9. The average Bonchev–Trinajstić information content (AvgIpc) is 2.69. The maximum atomic E-state index is 12.8. The Morgan fingerprint density at radius 1 is 1.07 bits per heavy atom. The van der Waals surface area contributed by atoms with Crippen molar-refractivity contribution in [2.75, 3.05) is 0 Å². The molecule has 0 bridgehead atoms. The molecule has 0 aliphatic heterocycles. The van der Waals surface area contributed by atoms with Crippen LogP contribution < -0.4 is 10.1 Å². The molecule has 3 rings (SSSR count). The van der Waals surface area contributed by atoms with Crippen molar-refractivity contribution in [1.29, 1.82) is 0 Å². The first-order valence-corrected chi connectivity index (χ1v) is 9.17. The van der Waals surface area contributed by atoms with E-state index in [0.717, 1.165) is 5.56 Å². The van der Waals surface area contributed by atoms with E-state index in [1.54, 1.807) is 25.1 Å². The molecule has 29 heavy (non-hydrogen) atoms. The Morgan fingerprint density at radius 2 is 1.76 bits per heavy atom. The number of carbonyl (C=O) groups is 2. The van der Waals surface area contributed by atoms with Gasteiger partial charge >= 0.3 is 5.97 Å². The summed E-state index contributed by atoms with van der Waals surface area (Å²) in [6.45, 7) is 1.77. The number of rotatable bonds is 6. The van der Waals surface area contributed by atoms with Crippen LogP contribution in [0.4, 0.5) is 0 Å². The number of pyridine rings is 2. The molecule has 7 nitrogen and oxygen atoms in total.